The number of hydrogen-bond acceptors (Lipinski definition) is 6. The molecule has 0 bridgehead atoms. The second-order valence-corrected chi connectivity index (χ2v) is 5.44. The fourth-order valence-corrected chi connectivity index (χ4v) is 2.74. The number of amides is 1. The summed E-state index contributed by atoms with van der Waals surface area (Å²) >= 11 is 0. The summed E-state index contributed by atoms with van der Waals surface area (Å²) in [5.74, 6) is 1.14. The Morgan fingerprint density at radius 3 is 3.17 bits per heavy atom. The fourth-order valence-electron chi connectivity index (χ4n) is 2.74. The highest BCUT2D eigenvalue weighted by molar-refractivity contribution is 5.90. The van der Waals surface area contributed by atoms with Crippen molar-refractivity contribution in [2.45, 2.75) is 19.4 Å². The zero-order chi connectivity index (χ0) is 16.5. The van der Waals surface area contributed by atoms with E-state index >= 15 is 0 Å². The van der Waals surface area contributed by atoms with Gasteiger partial charge in [-0.05, 0) is 24.6 Å². The smallest absolute Gasteiger partial charge is 0.264 e. The molecule has 0 saturated heterocycles. The molecule has 3 heterocycles. The maximum atomic E-state index is 12.5. The van der Waals surface area contributed by atoms with E-state index in [1.165, 1.54) is 6.33 Å². The Kier molecular flexibility index (Phi) is 3.45. The molecule has 24 heavy (non-hydrogen) atoms. The number of ether oxygens (including phenoxy) is 1. The minimum absolute atomic E-state index is 0.0657. The second-order valence-electron chi connectivity index (χ2n) is 5.44. The van der Waals surface area contributed by atoms with Crippen molar-refractivity contribution in [1.29, 1.82) is 0 Å². The molecule has 0 unspecified atom stereocenters. The van der Waals surface area contributed by atoms with Gasteiger partial charge in [-0.15, -0.1) is 0 Å². The van der Waals surface area contributed by atoms with Gasteiger partial charge in [-0.1, -0.05) is 0 Å². The Labute approximate surface area is 135 Å². The first-order chi connectivity index (χ1) is 11.7. The molecule has 1 aliphatic rings. The molecule has 9 heteroatoms. The molecule has 1 amide bonds. The molecule has 2 N–H and O–H groups in total. The maximum absolute atomic E-state index is 12.5. The summed E-state index contributed by atoms with van der Waals surface area (Å²) in [6.45, 7) is 0.494. The number of hydrogen-bond donors (Lipinski definition) is 2. The van der Waals surface area contributed by atoms with Crippen molar-refractivity contribution in [3.8, 4) is 5.75 Å². The molecule has 0 radical (unpaired) electrons. The molecule has 0 saturated carbocycles. The van der Waals surface area contributed by atoms with Gasteiger partial charge in [0.25, 0.3) is 11.5 Å². The number of aromatic nitrogens is 5. The van der Waals surface area contributed by atoms with Crippen LogP contribution in [-0.2, 0) is 17.8 Å². The van der Waals surface area contributed by atoms with Crippen molar-refractivity contribution in [3.05, 3.63) is 40.7 Å². The van der Waals surface area contributed by atoms with Crippen molar-refractivity contribution in [3.63, 3.8) is 0 Å². The van der Waals surface area contributed by atoms with E-state index in [0.29, 0.717) is 23.2 Å². The standard InChI is InChI=1S/C15H14N6O3/c22-13(19-15-16-8-17-20-15)7-24-9-3-4-11-10(6-9)14(23)21-5-1-2-12(21)18-11/h3-4,6,8H,1-2,5,7H2,(H2,16,17,19,20,22). The molecule has 3 aromatic rings. The average molecular weight is 326 g/mol. The number of benzene rings is 1. The molecule has 122 valence electrons. The molecular weight excluding hydrogens is 312 g/mol. The lowest BCUT2D eigenvalue weighted by atomic mass is 10.2. The molecular formula is C15H14N6O3. The number of carbonyl (C=O) groups is 1. The van der Waals surface area contributed by atoms with Crippen LogP contribution in [0.15, 0.2) is 29.3 Å². The van der Waals surface area contributed by atoms with Crippen LogP contribution in [0.1, 0.15) is 12.2 Å². The van der Waals surface area contributed by atoms with Crippen LogP contribution in [0.2, 0.25) is 0 Å². The Hall–Kier alpha value is -3.23. The normalized spacial score (nSPS) is 13.0. The van der Waals surface area contributed by atoms with E-state index in [2.05, 4.69) is 25.5 Å². The Morgan fingerprint density at radius 1 is 1.42 bits per heavy atom. The van der Waals surface area contributed by atoms with E-state index in [1.54, 1.807) is 22.8 Å². The van der Waals surface area contributed by atoms with Gasteiger partial charge in [0.15, 0.2) is 6.61 Å². The maximum Gasteiger partial charge on any atom is 0.264 e. The zero-order valence-corrected chi connectivity index (χ0v) is 12.7. The lowest BCUT2D eigenvalue weighted by molar-refractivity contribution is -0.118. The predicted octanol–water partition coefficient (Wildman–Crippen LogP) is 0.478. The lowest BCUT2D eigenvalue weighted by Crippen LogP contribution is -2.22. The topological polar surface area (TPSA) is 115 Å². The summed E-state index contributed by atoms with van der Waals surface area (Å²) in [5.41, 5.74) is 0.579. The quantitative estimate of drug-likeness (QED) is 0.720. The number of aryl methyl sites for hydroxylation is 1. The Bertz CT molecular complexity index is 963. The number of carbonyl (C=O) groups excluding carboxylic acids is 1. The Morgan fingerprint density at radius 2 is 2.33 bits per heavy atom. The van der Waals surface area contributed by atoms with Crippen LogP contribution in [0, 0.1) is 0 Å². The first-order valence-corrected chi connectivity index (χ1v) is 7.52. The summed E-state index contributed by atoms with van der Waals surface area (Å²) in [5, 5.41) is 9.15. The van der Waals surface area contributed by atoms with Gasteiger partial charge in [0, 0.05) is 13.0 Å². The third-order valence-corrected chi connectivity index (χ3v) is 3.83. The highest BCUT2D eigenvalue weighted by atomic mass is 16.5. The van der Waals surface area contributed by atoms with E-state index in [0.717, 1.165) is 18.7 Å². The average Bonchev–Trinajstić information content (AvgIpc) is 3.25. The van der Waals surface area contributed by atoms with Crippen molar-refractivity contribution in [1.82, 2.24) is 24.7 Å². The summed E-state index contributed by atoms with van der Waals surface area (Å²) in [6, 6.07) is 5.06. The van der Waals surface area contributed by atoms with Gasteiger partial charge in [0.05, 0.1) is 10.9 Å². The van der Waals surface area contributed by atoms with Crippen LogP contribution in [0.3, 0.4) is 0 Å². The van der Waals surface area contributed by atoms with Gasteiger partial charge in [0.2, 0.25) is 5.95 Å². The van der Waals surface area contributed by atoms with E-state index in [4.69, 9.17) is 4.74 Å². The van der Waals surface area contributed by atoms with Crippen molar-refractivity contribution in [2.75, 3.05) is 11.9 Å². The van der Waals surface area contributed by atoms with Gasteiger partial charge in [-0.2, -0.15) is 10.1 Å². The molecule has 1 aromatic carbocycles. The van der Waals surface area contributed by atoms with Crippen molar-refractivity contribution < 1.29 is 9.53 Å². The van der Waals surface area contributed by atoms with E-state index in [1.807, 2.05) is 0 Å². The van der Waals surface area contributed by atoms with Gasteiger partial charge >= 0.3 is 0 Å². The molecule has 4 rings (SSSR count). The number of rotatable bonds is 4. The SMILES string of the molecule is O=C(COc1ccc2nc3n(c(=O)c2c1)CCC3)Nc1ncn[nH]1. The van der Waals surface area contributed by atoms with E-state index in [-0.39, 0.29) is 24.0 Å². The number of H-pyrrole nitrogens is 1. The first-order valence-electron chi connectivity index (χ1n) is 7.52. The van der Waals surface area contributed by atoms with Crippen LogP contribution in [0.5, 0.6) is 5.75 Å². The van der Waals surface area contributed by atoms with Gasteiger partial charge in [-0.25, -0.2) is 10.1 Å². The van der Waals surface area contributed by atoms with Crippen LogP contribution in [0.4, 0.5) is 5.95 Å². The number of fused-ring (bicyclic) bond motifs is 2. The number of anilines is 1. The van der Waals surface area contributed by atoms with E-state index < -0.39 is 0 Å². The molecule has 0 aliphatic carbocycles. The molecule has 0 spiro atoms. The van der Waals surface area contributed by atoms with Crippen molar-refractivity contribution in [2.24, 2.45) is 0 Å². The van der Waals surface area contributed by atoms with Gasteiger partial charge < -0.3 is 4.74 Å². The molecule has 2 aromatic heterocycles. The summed E-state index contributed by atoms with van der Waals surface area (Å²) in [4.78, 5) is 32.6. The third-order valence-electron chi connectivity index (χ3n) is 3.83. The minimum Gasteiger partial charge on any atom is -0.484 e. The number of nitrogens with zero attached hydrogens (tertiary/aromatic N) is 4. The molecule has 9 nitrogen and oxygen atoms in total. The summed E-state index contributed by atoms with van der Waals surface area (Å²) < 4.78 is 7.15. The molecule has 1 aliphatic heterocycles. The summed E-state index contributed by atoms with van der Waals surface area (Å²) in [7, 11) is 0. The molecule has 0 fully saturated rings. The number of aromatic amines is 1. The van der Waals surface area contributed by atoms with Crippen LogP contribution < -0.4 is 15.6 Å². The molecule has 0 atom stereocenters. The van der Waals surface area contributed by atoms with Crippen LogP contribution in [-0.4, -0.2) is 37.2 Å². The highest BCUT2D eigenvalue weighted by Gasteiger charge is 2.16. The third kappa shape index (κ3) is 2.60. The first kappa shape index (κ1) is 14.4. The minimum atomic E-state index is -0.379. The highest BCUT2D eigenvalue weighted by Crippen LogP contribution is 2.19. The summed E-state index contributed by atoms with van der Waals surface area (Å²) in [6.07, 6.45) is 3.05. The zero-order valence-electron chi connectivity index (χ0n) is 12.7. The van der Waals surface area contributed by atoms with Crippen LogP contribution >= 0.6 is 0 Å². The Balaban J connectivity index is 1.53. The monoisotopic (exact) mass is 326 g/mol. The van der Waals surface area contributed by atoms with Crippen LogP contribution in [0.25, 0.3) is 10.9 Å². The van der Waals surface area contributed by atoms with Gasteiger partial charge in [0.1, 0.15) is 17.9 Å². The number of nitrogens with one attached hydrogen (secondary N) is 2. The fraction of sp³-hybridized carbons (Fsp3) is 0.267. The van der Waals surface area contributed by atoms with E-state index in [9.17, 15) is 9.59 Å². The second kappa shape index (κ2) is 5.76. The van der Waals surface area contributed by atoms with Crippen molar-refractivity contribution >= 4 is 22.8 Å². The largest absolute Gasteiger partial charge is 0.484 e. The predicted molar refractivity (Wildman–Crippen MR) is 84.8 cm³/mol. The lowest BCUT2D eigenvalue weighted by Gasteiger charge is -2.08. The van der Waals surface area contributed by atoms with Gasteiger partial charge in [-0.3, -0.25) is 19.5 Å².